The lowest BCUT2D eigenvalue weighted by Crippen LogP contribution is -1.95. The highest BCUT2D eigenvalue weighted by molar-refractivity contribution is 5.72. The van der Waals surface area contributed by atoms with Gasteiger partial charge in [0.05, 0.1) is 13.2 Å². The fraction of sp³-hybridized carbons (Fsp3) is 0.727. The molecule has 0 heterocycles. The molecule has 0 aliphatic carbocycles. The highest BCUT2D eigenvalue weighted by Gasteiger charge is 1.82. The van der Waals surface area contributed by atoms with Crippen molar-refractivity contribution in [2.75, 3.05) is 13.2 Å². The van der Waals surface area contributed by atoms with E-state index in [9.17, 15) is 14.4 Å². The summed E-state index contributed by atoms with van der Waals surface area (Å²) >= 11 is 0. The lowest BCUT2D eigenvalue weighted by molar-refractivity contribution is -0.141. The van der Waals surface area contributed by atoms with E-state index in [0.717, 1.165) is 0 Å². The van der Waals surface area contributed by atoms with Gasteiger partial charge in [-0.2, -0.15) is 0 Å². The highest BCUT2D eigenvalue weighted by Crippen LogP contribution is 1.70. The third kappa shape index (κ3) is 80.0. The molecule has 0 amide bonds. The molecule has 0 aromatic rings. The highest BCUT2D eigenvalue weighted by atomic mass is 16.5. The molecule has 96 valence electrons. The summed E-state index contributed by atoms with van der Waals surface area (Å²) in [4.78, 5) is 29.1. The molecule has 16 heavy (non-hydrogen) atoms. The van der Waals surface area contributed by atoms with Gasteiger partial charge >= 0.3 is 11.9 Å². The van der Waals surface area contributed by atoms with E-state index in [0.29, 0.717) is 13.2 Å². The van der Waals surface area contributed by atoms with Crippen LogP contribution in [-0.2, 0) is 23.9 Å². The van der Waals surface area contributed by atoms with Crippen LogP contribution in [0.4, 0.5) is 0 Å². The molecule has 0 N–H and O–H groups in total. The first kappa shape index (κ1) is 20.1. The number of carbonyl (C=O) groups is 3. The lowest BCUT2D eigenvalue weighted by Gasteiger charge is -1.89. The molecule has 0 aromatic carbocycles. The maximum absolute atomic E-state index is 9.82. The predicted molar refractivity (Wildman–Crippen MR) is 61.0 cm³/mol. The van der Waals surface area contributed by atoms with E-state index >= 15 is 0 Å². The number of esters is 2. The molecule has 0 radical (unpaired) electrons. The van der Waals surface area contributed by atoms with E-state index in [4.69, 9.17) is 0 Å². The predicted octanol–water partition coefficient (Wildman–Crippen LogP) is 1.73. The molecule has 0 saturated heterocycles. The molecule has 0 saturated carbocycles. The maximum Gasteiger partial charge on any atom is 0.302 e. The quantitative estimate of drug-likeness (QED) is 0.680. The maximum atomic E-state index is 9.82. The second-order valence-electron chi connectivity index (χ2n) is 2.76. The van der Waals surface area contributed by atoms with Crippen molar-refractivity contribution in [3.8, 4) is 0 Å². The molecule has 0 atom stereocenters. The van der Waals surface area contributed by atoms with Crippen LogP contribution in [0.25, 0.3) is 0 Å². The van der Waals surface area contributed by atoms with Gasteiger partial charge in [-0.3, -0.25) is 9.59 Å². The van der Waals surface area contributed by atoms with Gasteiger partial charge in [-0.1, -0.05) is 0 Å². The second-order valence-corrected chi connectivity index (χ2v) is 2.76. The van der Waals surface area contributed by atoms with Gasteiger partial charge in [-0.05, 0) is 27.7 Å². The van der Waals surface area contributed by atoms with Crippen molar-refractivity contribution in [1.29, 1.82) is 0 Å². The van der Waals surface area contributed by atoms with Gasteiger partial charge in [-0.15, -0.1) is 0 Å². The molecule has 0 rings (SSSR count). The van der Waals surface area contributed by atoms with Crippen LogP contribution in [0, 0.1) is 0 Å². The number of ether oxygens (including phenoxy) is 2. The summed E-state index contributed by atoms with van der Waals surface area (Å²) in [5, 5.41) is 0. The molecule has 0 aliphatic rings. The van der Waals surface area contributed by atoms with Gasteiger partial charge in [0.15, 0.2) is 0 Å². The number of Topliss-reactive ketones (excluding diaryl/α,β-unsaturated/α-hetero) is 1. The van der Waals surface area contributed by atoms with Crippen LogP contribution in [0.15, 0.2) is 0 Å². The minimum Gasteiger partial charge on any atom is -0.466 e. The molecular weight excluding hydrogens is 212 g/mol. The SMILES string of the molecule is CC(C)=O.CCOC(C)=O.CCOC(C)=O. The number of hydrogen-bond donors (Lipinski definition) is 0. The molecule has 5 heteroatoms. The third-order valence-electron chi connectivity index (χ3n) is 0.695. The van der Waals surface area contributed by atoms with Crippen LogP contribution in [0.5, 0.6) is 0 Å². The largest absolute Gasteiger partial charge is 0.466 e. The Bertz CT molecular complexity index is 179. The Balaban J connectivity index is -0.000000162. The molecule has 0 unspecified atom stereocenters. The van der Waals surface area contributed by atoms with Crippen LogP contribution in [0.3, 0.4) is 0 Å². The molecule has 0 spiro atoms. The fourth-order valence-electron chi connectivity index (χ4n) is 0.407. The van der Waals surface area contributed by atoms with Crippen LogP contribution >= 0.6 is 0 Å². The minimum absolute atomic E-state index is 0.167. The fourth-order valence-corrected chi connectivity index (χ4v) is 0.407. The summed E-state index contributed by atoms with van der Waals surface area (Å²) in [6.45, 7) is 10.4. The second kappa shape index (κ2) is 16.1. The van der Waals surface area contributed by atoms with Crippen LogP contribution in [-0.4, -0.2) is 30.9 Å². The topological polar surface area (TPSA) is 69.7 Å². The van der Waals surface area contributed by atoms with Crippen molar-refractivity contribution < 1.29 is 23.9 Å². The first-order valence-corrected chi connectivity index (χ1v) is 5.01. The van der Waals surface area contributed by atoms with Crippen molar-refractivity contribution in [1.82, 2.24) is 0 Å². The Hall–Kier alpha value is -1.39. The van der Waals surface area contributed by atoms with Crippen molar-refractivity contribution >= 4 is 17.7 Å². The summed E-state index contributed by atoms with van der Waals surface area (Å²) in [6.07, 6.45) is 0. The van der Waals surface area contributed by atoms with Crippen molar-refractivity contribution in [3.05, 3.63) is 0 Å². The minimum atomic E-state index is -0.211. The summed E-state index contributed by atoms with van der Waals surface area (Å²) < 4.78 is 8.81. The van der Waals surface area contributed by atoms with E-state index in [1.165, 1.54) is 27.7 Å². The van der Waals surface area contributed by atoms with Crippen molar-refractivity contribution in [3.63, 3.8) is 0 Å². The summed E-state index contributed by atoms with van der Waals surface area (Å²) in [7, 11) is 0. The number of hydrogen-bond acceptors (Lipinski definition) is 5. The Labute approximate surface area is 97.1 Å². The first-order chi connectivity index (χ1) is 7.27. The number of ketones is 1. The van der Waals surface area contributed by atoms with Gasteiger partial charge in [0, 0.05) is 13.8 Å². The first-order valence-electron chi connectivity index (χ1n) is 5.01. The standard InChI is InChI=1S/2C4H8O2.C3H6O/c2*1-3-6-4(2)5;1-3(2)4/h2*3H2,1-2H3;1-2H3. The van der Waals surface area contributed by atoms with Crippen LogP contribution in [0.2, 0.25) is 0 Å². The molecule has 5 nitrogen and oxygen atoms in total. The van der Waals surface area contributed by atoms with E-state index in [2.05, 4.69) is 9.47 Å². The zero-order valence-electron chi connectivity index (χ0n) is 11.0. The third-order valence-corrected chi connectivity index (χ3v) is 0.695. The number of rotatable bonds is 2. The number of carbonyl (C=O) groups excluding carboxylic acids is 3. The van der Waals surface area contributed by atoms with E-state index in [1.807, 2.05) is 0 Å². The van der Waals surface area contributed by atoms with Gasteiger partial charge in [-0.25, -0.2) is 0 Å². The molecule has 0 aliphatic heterocycles. The van der Waals surface area contributed by atoms with Crippen LogP contribution < -0.4 is 0 Å². The van der Waals surface area contributed by atoms with Gasteiger partial charge < -0.3 is 14.3 Å². The monoisotopic (exact) mass is 234 g/mol. The van der Waals surface area contributed by atoms with E-state index in [-0.39, 0.29) is 17.7 Å². The zero-order valence-corrected chi connectivity index (χ0v) is 11.0. The van der Waals surface area contributed by atoms with Gasteiger partial charge in [0.1, 0.15) is 5.78 Å². The van der Waals surface area contributed by atoms with E-state index in [1.54, 1.807) is 13.8 Å². The molecule has 0 fully saturated rings. The lowest BCUT2D eigenvalue weighted by atomic mass is 10.6. The zero-order chi connectivity index (χ0) is 13.6. The van der Waals surface area contributed by atoms with Crippen LogP contribution in [0.1, 0.15) is 41.5 Å². The Morgan fingerprint density at radius 1 is 0.750 bits per heavy atom. The molecule has 0 bridgehead atoms. The van der Waals surface area contributed by atoms with Crippen molar-refractivity contribution in [2.45, 2.75) is 41.5 Å². The smallest absolute Gasteiger partial charge is 0.302 e. The van der Waals surface area contributed by atoms with Gasteiger partial charge in [0.25, 0.3) is 0 Å². The Morgan fingerprint density at radius 3 is 0.938 bits per heavy atom. The average molecular weight is 234 g/mol. The summed E-state index contributed by atoms with van der Waals surface area (Å²) in [6, 6.07) is 0. The van der Waals surface area contributed by atoms with Gasteiger partial charge in [0.2, 0.25) is 0 Å². The Morgan fingerprint density at radius 2 is 0.938 bits per heavy atom. The summed E-state index contributed by atoms with van der Waals surface area (Å²) in [5.74, 6) is -0.255. The van der Waals surface area contributed by atoms with E-state index < -0.39 is 0 Å². The normalized spacial score (nSPS) is 7.38. The average Bonchev–Trinajstić information content (AvgIpc) is 2.02. The summed E-state index contributed by atoms with van der Waals surface area (Å²) in [5.41, 5.74) is 0. The Kier molecular flexibility index (Phi) is 20.1. The molecule has 0 aromatic heterocycles. The molecular formula is C11H22O5. The van der Waals surface area contributed by atoms with Crippen molar-refractivity contribution in [2.24, 2.45) is 0 Å².